The van der Waals surface area contributed by atoms with E-state index in [1.54, 1.807) is 12.1 Å². The van der Waals surface area contributed by atoms with Gasteiger partial charge in [0.1, 0.15) is 5.75 Å². The highest BCUT2D eigenvalue weighted by Crippen LogP contribution is 2.27. The van der Waals surface area contributed by atoms with Crippen molar-refractivity contribution < 1.29 is 13.2 Å². The Kier molecular flexibility index (Phi) is 3.99. The van der Waals surface area contributed by atoms with Crippen molar-refractivity contribution in [3.63, 3.8) is 0 Å². The molecule has 0 spiro atoms. The molecule has 2 rings (SSSR count). The first-order valence-electron chi connectivity index (χ1n) is 6.14. The van der Waals surface area contributed by atoms with Crippen molar-refractivity contribution in [3.8, 4) is 5.75 Å². The number of rotatable bonds is 4. The van der Waals surface area contributed by atoms with Gasteiger partial charge >= 0.3 is 0 Å². The van der Waals surface area contributed by atoms with E-state index in [0.29, 0.717) is 5.75 Å². The molecule has 0 radical (unpaired) electrons. The molecule has 4 nitrogen and oxygen atoms in total. The fourth-order valence-corrected chi connectivity index (χ4v) is 3.40. The summed E-state index contributed by atoms with van der Waals surface area (Å²) in [5.41, 5.74) is 7.83. The molecular weight excluding hydrogens is 274 g/mol. The maximum absolute atomic E-state index is 12.4. The number of aryl methyl sites for hydroxylation is 1. The van der Waals surface area contributed by atoms with Gasteiger partial charge < -0.3 is 10.5 Å². The highest BCUT2D eigenvalue weighted by atomic mass is 32.2. The van der Waals surface area contributed by atoms with E-state index in [4.69, 9.17) is 10.5 Å². The quantitative estimate of drug-likeness (QED) is 0.879. The third kappa shape index (κ3) is 3.11. The second kappa shape index (κ2) is 5.54. The zero-order valence-corrected chi connectivity index (χ0v) is 12.3. The van der Waals surface area contributed by atoms with Gasteiger partial charge in [-0.25, -0.2) is 8.42 Å². The van der Waals surface area contributed by atoms with Crippen LogP contribution in [-0.4, -0.2) is 15.5 Å². The Morgan fingerprint density at radius 2 is 1.75 bits per heavy atom. The van der Waals surface area contributed by atoms with Crippen LogP contribution < -0.4 is 10.5 Å². The summed E-state index contributed by atoms with van der Waals surface area (Å²) in [6.07, 6.45) is 0. The Balaban J connectivity index is 2.37. The van der Waals surface area contributed by atoms with Crippen LogP contribution in [-0.2, 0) is 15.6 Å². The van der Waals surface area contributed by atoms with Gasteiger partial charge in [0, 0.05) is 6.07 Å². The van der Waals surface area contributed by atoms with E-state index in [-0.39, 0.29) is 16.3 Å². The lowest BCUT2D eigenvalue weighted by Gasteiger charge is -2.09. The second-order valence-corrected chi connectivity index (χ2v) is 6.61. The SMILES string of the molecule is COc1ccc(N)c(S(=O)(=O)Cc2ccc(C)cc2)c1. The molecule has 0 aliphatic rings. The van der Waals surface area contributed by atoms with Crippen LogP contribution in [0.2, 0.25) is 0 Å². The fourth-order valence-electron chi connectivity index (χ4n) is 1.89. The van der Waals surface area contributed by atoms with Crippen LogP contribution in [0.3, 0.4) is 0 Å². The third-order valence-corrected chi connectivity index (χ3v) is 4.77. The van der Waals surface area contributed by atoms with Crippen LogP contribution in [0.15, 0.2) is 47.4 Å². The van der Waals surface area contributed by atoms with Gasteiger partial charge in [0.2, 0.25) is 0 Å². The molecule has 0 amide bonds. The molecule has 2 aromatic carbocycles. The molecule has 0 aromatic heterocycles. The zero-order chi connectivity index (χ0) is 14.8. The van der Waals surface area contributed by atoms with Crippen molar-refractivity contribution in [2.24, 2.45) is 0 Å². The van der Waals surface area contributed by atoms with Gasteiger partial charge in [-0.2, -0.15) is 0 Å². The monoisotopic (exact) mass is 291 g/mol. The lowest BCUT2D eigenvalue weighted by atomic mass is 10.2. The van der Waals surface area contributed by atoms with E-state index in [1.165, 1.54) is 13.2 Å². The first-order valence-corrected chi connectivity index (χ1v) is 7.79. The Morgan fingerprint density at radius 1 is 1.10 bits per heavy atom. The van der Waals surface area contributed by atoms with Gasteiger partial charge in [0.05, 0.1) is 23.4 Å². The summed E-state index contributed by atoms with van der Waals surface area (Å²) in [7, 11) is -2.01. The molecule has 0 aliphatic heterocycles. The minimum absolute atomic E-state index is 0.0787. The number of anilines is 1. The summed E-state index contributed by atoms with van der Waals surface area (Å²) in [5.74, 6) is 0.395. The number of hydrogen-bond donors (Lipinski definition) is 1. The highest BCUT2D eigenvalue weighted by Gasteiger charge is 2.19. The number of nitrogens with two attached hydrogens (primary N) is 1. The van der Waals surface area contributed by atoms with Gasteiger partial charge in [0.25, 0.3) is 0 Å². The Labute approximate surface area is 119 Å². The topological polar surface area (TPSA) is 69.4 Å². The van der Waals surface area contributed by atoms with E-state index in [9.17, 15) is 8.42 Å². The average Bonchev–Trinajstić information content (AvgIpc) is 2.41. The standard InChI is InChI=1S/C15H17NO3S/c1-11-3-5-12(6-4-11)10-20(17,18)15-9-13(19-2)7-8-14(15)16/h3-9H,10,16H2,1-2H3. The predicted molar refractivity (Wildman–Crippen MR) is 79.5 cm³/mol. The van der Waals surface area contributed by atoms with Crippen LogP contribution in [0.5, 0.6) is 5.75 Å². The van der Waals surface area contributed by atoms with Crippen molar-refractivity contribution in [1.82, 2.24) is 0 Å². The average molecular weight is 291 g/mol. The maximum atomic E-state index is 12.4. The number of hydrogen-bond acceptors (Lipinski definition) is 4. The minimum Gasteiger partial charge on any atom is -0.497 e. The molecule has 0 fully saturated rings. The molecular formula is C15H17NO3S. The molecule has 0 saturated heterocycles. The third-order valence-electron chi connectivity index (χ3n) is 3.03. The molecule has 0 unspecified atom stereocenters. The first kappa shape index (κ1) is 14.4. The van der Waals surface area contributed by atoms with Gasteiger partial charge in [-0.05, 0) is 24.6 Å². The zero-order valence-electron chi connectivity index (χ0n) is 11.5. The van der Waals surface area contributed by atoms with Crippen LogP contribution in [0.4, 0.5) is 5.69 Å². The number of benzene rings is 2. The predicted octanol–water partition coefficient (Wildman–Crippen LogP) is 2.56. The van der Waals surface area contributed by atoms with Crippen LogP contribution in [0.25, 0.3) is 0 Å². The first-order chi connectivity index (χ1) is 9.42. The van der Waals surface area contributed by atoms with Gasteiger partial charge in [-0.3, -0.25) is 0 Å². The van der Waals surface area contributed by atoms with E-state index in [0.717, 1.165) is 11.1 Å². The highest BCUT2D eigenvalue weighted by molar-refractivity contribution is 7.90. The molecule has 20 heavy (non-hydrogen) atoms. The molecule has 106 valence electrons. The lowest BCUT2D eigenvalue weighted by Crippen LogP contribution is -2.08. The molecule has 2 N–H and O–H groups in total. The largest absolute Gasteiger partial charge is 0.497 e. The van der Waals surface area contributed by atoms with Crippen LogP contribution >= 0.6 is 0 Å². The van der Waals surface area contributed by atoms with Crippen molar-refractivity contribution in [1.29, 1.82) is 0 Å². The Morgan fingerprint density at radius 3 is 2.35 bits per heavy atom. The second-order valence-electron chi connectivity index (χ2n) is 4.65. The number of ether oxygens (including phenoxy) is 1. The Hall–Kier alpha value is -2.01. The Bertz CT molecular complexity index is 706. The fraction of sp³-hybridized carbons (Fsp3) is 0.200. The van der Waals surface area contributed by atoms with E-state index < -0.39 is 9.84 Å². The summed E-state index contributed by atoms with van der Waals surface area (Å²) in [6.45, 7) is 1.96. The van der Waals surface area contributed by atoms with Crippen LogP contribution in [0.1, 0.15) is 11.1 Å². The summed E-state index contributed by atoms with van der Waals surface area (Å²) in [4.78, 5) is 0.109. The lowest BCUT2D eigenvalue weighted by molar-refractivity contribution is 0.413. The summed E-state index contributed by atoms with van der Waals surface area (Å²) in [6, 6.07) is 12.0. The smallest absolute Gasteiger partial charge is 0.184 e. The molecule has 0 heterocycles. The maximum Gasteiger partial charge on any atom is 0.184 e. The molecule has 0 aliphatic carbocycles. The van der Waals surface area contributed by atoms with Crippen LogP contribution in [0, 0.1) is 6.92 Å². The molecule has 0 atom stereocenters. The van der Waals surface area contributed by atoms with Crippen molar-refractivity contribution in [3.05, 3.63) is 53.6 Å². The number of nitrogen functional groups attached to an aromatic ring is 1. The molecule has 5 heteroatoms. The van der Waals surface area contributed by atoms with E-state index >= 15 is 0 Å². The van der Waals surface area contributed by atoms with Gasteiger partial charge in [0.15, 0.2) is 9.84 Å². The normalized spacial score (nSPS) is 11.3. The summed E-state index contributed by atoms with van der Waals surface area (Å²) >= 11 is 0. The van der Waals surface area contributed by atoms with Crippen molar-refractivity contribution in [2.45, 2.75) is 17.6 Å². The minimum atomic E-state index is -3.49. The number of methoxy groups -OCH3 is 1. The molecule has 2 aromatic rings. The van der Waals surface area contributed by atoms with E-state index in [2.05, 4.69) is 0 Å². The summed E-state index contributed by atoms with van der Waals surface area (Å²) in [5, 5.41) is 0. The summed E-state index contributed by atoms with van der Waals surface area (Å²) < 4.78 is 29.9. The molecule has 0 bridgehead atoms. The van der Waals surface area contributed by atoms with E-state index in [1.807, 2.05) is 31.2 Å². The number of sulfone groups is 1. The van der Waals surface area contributed by atoms with Gasteiger partial charge in [-0.1, -0.05) is 29.8 Å². The molecule has 0 saturated carbocycles. The van der Waals surface area contributed by atoms with Crippen molar-refractivity contribution >= 4 is 15.5 Å². The van der Waals surface area contributed by atoms with Gasteiger partial charge in [-0.15, -0.1) is 0 Å². The van der Waals surface area contributed by atoms with Crippen molar-refractivity contribution in [2.75, 3.05) is 12.8 Å².